The number of nitriles is 1. The topological polar surface area (TPSA) is 44.1 Å². The summed E-state index contributed by atoms with van der Waals surface area (Å²) in [4.78, 5) is 13.9. The number of hydrogen-bond acceptors (Lipinski definition) is 2. The average Bonchev–Trinajstić information content (AvgIpc) is 2.28. The second-order valence-electron chi connectivity index (χ2n) is 4.36. The number of carbonyl (C=O) groups excluding carboxylic acids is 1. The van der Waals surface area contributed by atoms with Gasteiger partial charge in [0.1, 0.15) is 5.41 Å². The van der Waals surface area contributed by atoms with Crippen LogP contribution in [0.1, 0.15) is 19.3 Å². The molecule has 4 heteroatoms. The number of amides is 1. The maximum atomic E-state index is 12.3. The van der Waals surface area contributed by atoms with E-state index in [9.17, 15) is 4.79 Å². The third kappa shape index (κ3) is 1.96. The van der Waals surface area contributed by atoms with Crippen LogP contribution in [0.5, 0.6) is 0 Å². The van der Waals surface area contributed by atoms with Crippen molar-refractivity contribution in [2.75, 3.05) is 11.9 Å². The van der Waals surface area contributed by atoms with Crippen LogP contribution in [0.25, 0.3) is 0 Å². The average molecular weight is 293 g/mol. The van der Waals surface area contributed by atoms with E-state index in [2.05, 4.69) is 22.0 Å². The van der Waals surface area contributed by atoms with E-state index in [1.807, 2.05) is 24.3 Å². The first-order valence-electron chi connectivity index (χ1n) is 5.55. The highest BCUT2D eigenvalue weighted by Gasteiger charge is 2.46. The zero-order valence-electron chi connectivity index (χ0n) is 9.61. The predicted octanol–water partition coefficient (Wildman–Crippen LogP) is 3.11. The Morgan fingerprint density at radius 2 is 2.12 bits per heavy atom. The lowest BCUT2D eigenvalue weighted by atomic mass is 9.69. The molecule has 1 amide bonds. The van der Waals surface area contributed by atoms with Gasteiger partial charge in [-0.1, -0.05) is 12.1 Å². The van der Waals surface area contributed by atoms with Crippen molar-refractivity contribution in [3.05, 3.63) is 28.7 Å². The molecule has 0 atom stereocenters. The van der Waals surface area contributed by atoms with Gasteiger partial charge in [0.2, 0.25) is 5.91 Å². The van der Waals surface area contributed by atoms with Gasteiger partial charge in [-0.2, -0.15) is 5.26 Å². The largest absolute Gasteiger partial charge is 0.313 e. The lowest BCUT2D eigenvalue weighted by molar-refractivity contribution is -0.128. The van der Waals surface area contributed by atoms with Crippen molar-refractivity contribution in [2.24, 2.45) is 5.41 Å². The van der Waals surface area contributed by atoms with Crippen LogP contribution in [0.3, 0.4) is 0 Å². The van der Waals surface area contributed by atoms with Crippen LogP contribution in [-0.2, 0) is 4.79 Å². The highest BCUT2D eigenvalue weighted by atomic mass is 79.9. The molecule has 0 spiro atoms. The molecule has 0 aromatic heterocycles. The van der Waals surface area contributed by atoms with Gasteiger partial charge in [-0.05, 0) is 47.3 Å². The second-order valence-corrected chi connectivity index (χ2v) is 5.22. The molecule has 0 N–H and O–H groups in total. The molecule has 1 fully saturated rings. The van der Waals surface area contributed by atoms with Gasteiger partial charge >= 0.3 is 0 Å². The number of halogens is 1. The van der Waals surface area contributed by atoms with Gasteiger partial charge in [-0.3, -0.25) is 4.79 Å². The summed E-state index contributed by atoms with van der Waals surface area (Å²) in [5, 5.41) is 9.16. The first-order valence-corrected chi connectivity index (χ1v) is 6.34. The Bertz CT molecular complexity index is 488. The number of rotatable bonds is 2. The number of nitrogens with zero attached hydrogens (tertiary/aromatic N) is 2. The summed E-state index contributed by atoms with van der Waals surface area (Å²) in [6, 6.07) is 9.71. The molecule has 17 heavy (non-hydrogen) atoms. The van der Waals surface area contributed by atoms with Crippen molar-refractivity contribution in [2.45, 2.75) is 19.3 Å². The molecule has 0 radical (unpaired) electrons. The quantitative estimate of drug-likeness (QED) is 0.841. The normalized spacial score (nSPS) is 16.8. The molecule has 0 bridgehead atoms. The minimum Gasteiger partial charge on any atom is -0.313 e. The maximum absolute atomic E-state index is 12.3. The second kappa shape index (κ2) is 4.50. The van der Waals surface area contributed by atoms with Gasteiger partial charge in [-0.25, -0.2) is 0 Å². The highest BCUT2D eigenvalue weighted by molar-refractivity contribution is 9.10. The van der Waals surface area contributed by atoms with E-state index in [0.717, 1.165) is 16.6 Å². The van der Waals surface area contributed by atoms with Gasteiger partial charge in [0.25, 0.3) is 0 Å². The van der Waals surface area contributed by atoms with Crippen LogP contribution in [-0.4, -0.2) is 13.0 Å². The zero-order valence-corrected chi connectivity index (χ0v) is 11.2. The van der Waals surface area contributed by atoms with Crippen LogP contribution in [0.2, 0.25) is 0 Å². The van der Waals surface area contributed by atoms with Crippen LogP contribution < -0.4 is 4.90 Å². The molecule has 1 saturated carbocycles. The van der Waals surface area contributed by atoms with Gasteiger partial charge < -0.3 is 4.90 Å². The number of benzene rings is 1. The summed E-state index contributed by atoms with van der Waals surface area (Å²) in [5.41, 5.74) is 0.0170. The standard InChI is InChI=1S/C13H13BrN2O/c1-16(11-6-3-2-5-10(11)14)12(17)13(9-15)7-4-8-13/h2-3,5-6H,4,7-8H2,1H3. The van der Waals surface area contributed by atoms with E-state index in [1.165, 1.54) is 0 Å². The predicted molar refractivity (Wildman–Crippen MR) is 69.4 cm³/mol. The fourth-order valence-electron chi connectivity index (χ4n) is 2.06. The maximum Gasteiger partial charge on any atom is 0.247 e. The first kappa shape index (κ1) is 12.1. The molecule has 1 aromatic rings. The molecular formula is C13H13BrN2O. The Labute approximate surface area is 109 Å². The van der Waals surface area contributed by atoms with Crippen LogP contribution >= 0.6 is 15.9 Å². The van der Waals surface area contributed by atoms with Crippen molar-refractivity contribution in [3.63, 3.8) is 0 Å². The lowest BCUT2D eigenvalue weighted by Gasteiger charge is -2.36. The fourth-order valence-corrected chi connectivity index (χ4v) is 2.61. The Balaban J connectivity index is 2.27. The van der Waals surface area contributed by atoms with E-state index in [-0.39, 0.29) is 5.91 Å². The zero-order chi connectivity index (χ0) is 12.5. The number of anilines is 1. The van der Waals surface area contributed by atoms with Crippen LogP contribution in [0, 0.1) is 16.7 Å². The number of para-hydroxylation sites is 1. The summed E-state index contributed by atoms with van der Waals surface area (Å²) in [5.74, 6) is -0.0989. The molecule has 1 aliphatic rings. The summed E-state index contributed by atoms with van der Waals surface area (Å²) in [7, 11) is 1.72. The Hall–Kier alpha value is -1.34. The summed E-state index contributed by atoms with van der Waals surface area (Å²) in [6.45, 7) is 0. The summed E-state index contributed by atoms with van der Waals surface area (Å²) >= 11 is 3.42. The van der Waals surface area contributed by atoms with Gasteiger partial charge in [0.15, 0.2) is 0 Å². The number of carbonyl (C=O) groups is 1. The van der Waals surface area contributed by atoms with Crippen molar-refractivity contribution in [3.8, 4) is 6.07 Å². The molecule has 0 heterocycles. The van der Waals surface area contributed by atoms with E-state index < -0.39 is 5.41 Å². The van der Waals surface area contributed by atoms with Crippen molar-refractivity contribution >= 4 is 27.5 Å². The van der Waals surface area contributed by atoms with Gasteiger partial charge in [0, 0.05) is 11.5 Å². The van der Waals surface area contributed by atoms with E-state index in [4.69, 9.17) is 5.26 Å². The third-order valence-electron chi connectivity index (χ3n) is 3.35. The van der Waals surface area contributed by atoms with Crippen molar-refractivity contribution in [1.29, 1.82) is 5.26 Å². The van der Waals surface area contributed by atoms with E-state index in [0.29, 0.717) is 12.8 Å². The minimum atomic E-state index is -0.788. The van der Waals surface area contributed by atoms with E-state index in [1.54, 1.807) is 11.9 Å². The van der Waals surface area contributed by atoms with Gasteiger partial charge in [-0.15, -0.1) is 0 Å². The summed E-state index contributed by atoms with van der Waals surface area (Å²) in [6.07, 6.45) is 2.32. The van der Waals surface area contributed by atoms with Crippen LogP contribution in [0.4, 0.5) is 5.69 Å². The molecule has 0 saturated heterocycles. The highest BCUT2D eigenvalue weighted by Crippen LogP contribution is 2.42. The molecule has 88 valence electrons. The Morgan fingerprint density at radius 3 is 2.59 bits per heavy atom. The van der Waals surface area contributed by atoms with E-state index >= 15 is 0 Å². The molecule has 2 rings (SSSR count). The Morgan fingerprint density at radius 1 is 1.47 bits per heavy atom. The van der Waals surface area contributed by atoms with Crippen molar-refractivity contribution < 1.29 is 4.79 Å². The smallest absolute Gasteiger partial charge is 0.247 e. The molecule has 3 nitrogen and oxygen atoms in total. The lowest BCUT2D eigenvalue weighted by Crippen LogP contribution is -2.45. The monoisotopic (exact) mass is 292 g/mol. The van der Waals surface area contributed by atoms with Crippen LogP contribution in [0.15, 0.2) is 28.7 Å². The van der Waals surface area contributed by atoms with Crippen molar-refractivity contribution in [1.82, 2.24) is 0 Å². The Kier molecular flexibility index (Phi) is 3.21. The molecule has 1 aromatic carbocycles. The molecular weight excluding hydrogens is 280 g/mol. The molecule has 0 aliphatic heterocycles. The third-order valence-corrected chi connectivity index (χ3v) is 4.02. The summed E-state index contributed by atoms with van der Waals surface area (Å²) < 4.78 is 0.864. The SMILES string of the molecule is CN(C(=O)C1(C#N)CCC1)c1ccccc1Br. The fraction of sp³-hybridized carbons (Fsp3) is 0.385. The number of hydrogen-bond donors (Lipinski definition) is 0. The van der Waals surface area contributed by atoms with Gasteiger partial charge in [0.05, 0.1) is 11.8 Å². The molecule has 0 unspecified atom stereocenters. The first-order chi connectivity index (χ1) is 8.10. The molecule has 1 aliphatic carbocycles. The minimum absolute atomic E-state index is 0.0989.